The van der Waals surface area contributed by atoms with Gasteiger partial charge in [0.25, 0.3) is 0 Å². The summed E-state index contributed by atoms with van der Waals surface area (Å²) < 4.78 is 4.98. The number of esters is 1. The number of thiophene rings is 1. The van der Waals surface area contributed by atoms with Crippen molar-refractivity contribution in [2.24, 2.45) is 0 Å². The number of aromatic nitrogens is 2. The first-order valence-corrected chi connectivity index (χ1v) is 5.73. The fourth-order valence-electron chi connectivity index (χ4n) is 1.42. The number of rotatable bonds is 3. The predicted octanol–water partition coefficient (Wildman–Crippen LogP) is 1.91. The van der Waals surface area contributed by atoms with Crippen molar-refractivity contribution in [3.8, 4) is 0 Å². The maximum atomic E-state index is 11.7. The Morgan fingerprint density at radius 1 is 1.56 bits per heavy atom. The zero-order chi connectivity index (χ0) is 11.5. The highest BCUT2D eigenvalue weighted by Crippen LogP contribution is 2.29. The van der Waals surface area contributed by atoms with Gasteiger partial charge in [0, 0.05) is 12.4 Å². The Kier molecular flexibility index (Phi) is 3.00. The molecular formula is C10H11N3O2S. The maximum absolute atomic E-state index is 11.7. The van der Waals surface area contributed by atoms with Gasteiger partial charge in [0.2, 0.25) is 0 Å². The van der Waals surface area contributed by atoms with Crippen LogP contribution in [0.25, 0.3) is 10.2 Å². The fraction of sp³-hybridized carbons (Fsp3) is 0.300. The number of anilines is 1. The molecule has 0 aliphatic heterocycles. The Morgan fingerprint density at radius 2 is 2.38 bits per heavy atom. The van der Waals surface area contributed by atoms with E-state index < -0.39 is 0 Å². The highest BCUT2D eigenvalue weighted by molar-refractivity contribution is 7.17. The first kappa shape index (κ1) is 10.8. The van der Waals surface area contributed by atoms with Crippen LogP contribution in [0, 0.1) is 0 Å². The van der Waals surface area contributed by atoms with Crippen LogP contribution < -0.4 is 5.32 Å². The van der Waals surface area contributed by atoms with Crippen molar-refractivity contribution in [3.05, 3.63) is 17.3 Å². The molecule has 0 atom stereocenters. The van der Waals surface area contributed by atoms with E-state index in [2.05, 4.69) is 15.3 Å². The first-order valence-electron chi connectivity index (χ1n) is 4.85. The number of carbonyl (C=O) groups is 1. The van der Waals surface area contributed by atoms with Crippen LogP contribution in [0.15, 0.2) is 11.7 Å². The average Bonchev–Trinajstić information content (AvgIpc) is 2.72. The summed E-state index contributed by atoms with van der Waals surface area (Å²) in [6.45, 7) is 2.14. The highest BCUT2D eigenvalue weighted by Gasteiger charge is 2.17. The number of nitrogens with zero attached hydrogens (tertiary/aromatic N) is 2. The molecular weight excluding hydrogens is 226 g/mol. The molecule has 0 aliphatic carbocycles. The van der Waals surface area contributed by atoms with Gasteiger partial charge in [-0.15, -0.1) is 11.3 Å². The van der Waals surface area contributed by atoms with Crippen molar-refractivity contribution in [1.82, 2.24) is 9.97 Å². The second kappa shape index (κ2) is 4.44. The van der Waals surface area contributed by atoms with Gasteiger partial charge >= 0.3 is 5.97 Å². The van der Waals surface area contributed by atoms with E-state index >= 15 is 0 Å². The molecule has 1 N–H and O–H groups in total. The van der Waals surface area contributed by atoms with E-state index in [0.717, 1.165) is 10.2 Å². The first-order chi connectivity index (χ1) is 7.77. The summed E-state index contributed by atoms with van der Waals surface area (Å²) in [5.74, 6) is 0.314. The third-order valence-electron chi connectivity index (χ3n) is 2.10. The van der Waals surface area contributed by atoms with E-state index in [0.29, 0.717) is 18.0 Å². The van der Waals surface area contributed by atoms with Crippen LogP contribution in [0.2, 0.25) is 0 Å². The van der Waals surface area contributed by atoms with Gasteiger partial charge in [0.1, 0.15) is 17.0 Å². The van der Waals surface area contributed by atoms with Crippen LogP contribution in [0.4, 0.5) is 5.82 Å². The summed E-state index contributed by atoms with van der Waals surface area (Å²) in [7, 11) is 1.76. The lowest BCUT2D eigenvalue weighted by Gasteiger charge is -2.03. The maximum Gasteiger partial charge on any atom is 0.339 e. The molecule has 0 saturated heterocycles. The van der Waals surface area contributed by atoms with Crippen molar-refractivity contribution < 1.29 is 9.53 Å². The monoisotopic (exact) mass is 237 g/mol. The summed E-state index contributed by atoms with van der Waals surface area (Å²) in [4.78, 5) is 20.7. The minimum absolute atomic E-state index is 0.333. The summed E-state index contributed by atoms with van der Waals surface area (Å²) in [6, 6.07) is 0. The molecule has 0 unspecified atom stereocenters. The van der Waals surface area contributed by atoms with E-state index in [1.54, 1.807) is 19.4 Å². The minimum Gasteiger partial charge on any atom is -0.462 e. The van der Waals surface area contributed by atoms with E-state index in [1.807, 2.05) is 0 Å². The van der Waals surface area contributed by atoms with Crippen LogP contribution in [0.3, 0.4) is 0 Å². The molecule has 0 spiro atoms. The third-order valence-corrected chi connectivity index (χ3v) is 2.99. The van der Waals surface area contributed by atoms with Crippen molar-refractivity contribution in [2.45, 2.75) is 6.92 Å². The molecule has 6 heteroatoms. The number of nitrogens with one attached hydrogen (secondary N) is 1. The summed E-state index contributed by atoms with van der Waals surface area (Å²) >= 11 is 1.41. The number of carbonyl (C=O) groups excluding carboxylic acids is 1. The van der Waals surface area contributed by atoms with Crippen LogP contribution in [0.1, 0.15) is 17.3 Å². The zero-order valence-electron chi connectivity index (χ0n) is 8.98. The molecule has 0 fully saturated rings. The highest BCUT2D eigenvalue weighted by atomic mass is 32.1. The predicted molar refractivity (Wildman–Crippen MR) is 62.9 cm³/mol. The molecule has 2 aromatic heterocycles. The fourth-order valence-corrected chi connectivity index (χ4v) is 2.30. The summed E-state index contributed by atoms with van der Waals surface area (Å²) in [6.07, 6.45) is 1.47. The summed E-state index contributed by atoms with van der Waals surface area (Å²) in [5, 5.41) is 5.42. The molecule has 0 aliphatic rings. The molecule has 84 valence electrons. The lowest BCUT2D eigenvalue weighted by molar-refractivity contribution is 0.0529. The van der Waals surface area contributed by atoms with Crippen LogP contribution in [-0.2, 0) is 4.74 Å². The lowest BCUT2D eigenvalue weighted by atomic mass is 10.2. The Bertz CT molecular complexity index is 524. The van der Waals surface area contributed by atoms with Gasteiger partial charge in [-0.1, -0.05) is 0 Å². The second-order valence-electron chi connectivity index (χ2n) is 3.02. The molecule has 0 bridgehead atoms. The average molecular weight is 237 g/mol. The topological polar surface area (TPSA) is 64.1 Å². The smallest absolute Gasteiger partial charge is 0.339 e. The Morgan fingerprint density at radius 3 is 3.06 bits per heavy atom. The molecule has 2 heterocycles. The van der Waals surface area contributed by atoms with Crippen LogP contribution >= 0.6 is 11.3 Å². The number of hydrogen-bond acceptors (Lipinski definition) is 6. The van der Waals surface area contributed by atoms with Gasteiger partial charge in [-0.2, -0.15) is 0 Å². The molecule has 16 heavy (non-hydrogen) atoms. The number of fused-ring (bicyclic) bond motifs is 1. The Balaban J connectivity index is 2.58. The van der Waals surface area contributed by atoms with E-state index in [1.165, 1.54) is 17.7 Å². The van der Waals surface area contributed by atoms with E-state index in [9.17, 15) is 4.79 Å². The Labute approximate surface area is 96.5 Å². The summed E-state index contributed by atoms with van der Waals surface area (Å²) in [5.41, 5.74) is 0.520. The lowest BCUT2D eigenvalue weighted by Crippen LogP contribution is -2.05. The van der Waals surface area contributed by atoms with Gasteiger partial charge in [0.05, 0.1) is 17.6 Å². The van der Waals surface area contributed by atoms with E-state index in [4.69, 9.17) is 4.74 Å². The molecule has 0 aromatic carbocycles. The van der Waals surface area contributed by atoms with Gasteiger partial charge in [-0.05, 0) is 6.92 Å². The largest absolute Gasteiger partial charge is 0.462 e. The standard InChI is InChI=1S/C10H11N3O2S/c1-3-15-10(14)6-4-16-9-7(6)8(11-2)12-5-13-9/h4-5H,3H2,1-2H3,(H,11,12,13). The van der Waals surface area contributed by atoms with Crippen molar-refractivity contribution in [3.63, 3.8) is 0 Å². The quantitative estimate of drug-likeness (QED) is 0.826. The molecule has 0 amide bonds. The van der Waals surface area contributed by atoms with Crippen molar-refractivity contribution in [1.29, 1.82) is 0 Å². The van der Waals surface area contributed by atoms with Gasteiger partial charge < -0.3 is 10.1 Å². The molecule has 0 saturated carbocycles. The third kappa shape index (κ3) is 1.71. The zero-order valence-corrected chi connectivity index (χ0v) is 9.80. The van der Waals surface area contributed by atoms with Gasteiger partial charge in [-0.25, -0.2) is 14.8 Å². The normalized spacial score (nSPS) is 10.4. The molecule has 0 radical (unpaired) electrons. The van der Waals surface area contributed by atoms with Crippen LogP contribution in [-0.4, -0.2) is 29.6 Å². The van der Waals surface area contributed by atoms with Crippen molar-refractivity contribution >= 4 is 33.3 Å². The number of ether oxygens (including phenoxy) is 1. The molecule has 2 rings (SSSR count). The minimum atomic E-state index is -0.333. The molecule has 2 aromatic rings. The van der Waals surface area contributed by atoms with Crippen molar-refractivity contribution in [2.75, 3.05) is 19.0 Å². The second-order valence-corrected chi connectivity index (χ2v) is 3.88. The SMILES string of the molecule is CCOC(=O)c1csc2ncnc(NC)c12. The Hall–Kier alpha value is -1.69. The van der Waals surface area contributed by atoms with Gasteiger partial charge in [0.15, 0.2) is 0 Å². The number of hydrogen-bond donors (Lipinski definition) is 1. The molecule has 5 nitrogen and oxygen atoms in total. The van der Waals surface area contributed by atoms with Crippen LogP contribution in [0.5, 0.6) is 0 Å². The van der Waals surface area contributed by atoms with E-state index in [-0.39, 0.29) is 5.97 Å². The van der Waals surface area contributed by atoms with Gasteiger partial charge in [-0.3, -0.25) is 0 Å².